The Morgan fingerprint density at radius 3 is 2.69 bits per heavy atom. The summed E-state index contributed by atoms with van der Waals surface area (Å²) < 4.78 is 2.64. The van der Waals surface area contributed by atoms with E-state index >= 15 is 0 Å². The van der Waals surface area contributed by atoms with E-state index in [4.69, 9.17) is 0 Å². The van der Waals surface area contributed by atoms with Crippen LogP contribution in [0.2, 0.25) is 0 Å². The van der Waals surface area contributed by atoms with Crippen LogP contribution in [0.5, 0.6) is 0 Å². The monoisotopic (exact) mass is 287 g/mol. The van der Waals surface area contributed by atoms with Crippen molar-refractivity contribution >= 4 is 0 Å². The number of halogens is 1. The summed E-state index contributed by atoms with van der Waals surface area (Å²) in [6.45, 7) is 0. The molecule has 0 radical (unpaired) electrons. The summed E-state index contributed by atoms with van der Waals surface area (Å²) in [5.74, 6) is 0. The second-order valence-electron chi connectivity index (χ2n) is 3.63. The molecule has 1 heterocycles. The van der Waals surface area contributed by atoms with Crippen LogP contribution in [0.4, 0.5) is 0 Å². The molecule has 0 amide bonds. The van der Waals surface area contributed by atoms with Gasteiger partial charge in [-0.25, -0.2) is 0 Å². The third-order valence-electron chi connectivity index (χ3n) is 2.53. The summed E-state index contributed by atoms with van der Waals surface area (Å²) in [6.07, 6.45) is 5.85. The van der Waals surface area contributed by atoms with Gasteiger partial charge in [0.15, 0.2) is 0 Å². The molecule has 72 valence electrons. The Morgan fingerprint density at radius 2 is 2.00 bits per heavy atom. The van der Waals surface area contributed by atoms with Crippen molar-refractivity contribution < 1.29 is 21.2 Å². The van der Waals surface area contributed by atoms with Crippen LogP contribution in [0.3, 0.4) is 0 Å². The zero-order chi connectivity index (χ0) is 8.93. The van der Waals surface area contributed by atoms with Crippen molar-refractivity contribution in [3.05, 3.63) is 35.9 Å². The van der Waals surface area contributed by atoms with E-state index in [0.717, 1.165) is 3.92 Å². The van der Waals surface area contributed by atoms with Crippen molar-refractivity contribution in [3.8, 4) is 0 Å². The van der Waals surface area contributed by atoms with Crippen LogP contribution in [-0.4, -0.2) is 8.35 Å². The molecule has 1 aromatic rings. The average molecular weight is 287 g/mol. The van der Waals surface area contributed by atoms with Gasteiger partial charge in [-0.3, -0.25) is 0 Å². The van der Waals surface area contributed by atoms with E-state index in [1.807, 2.05) is 0 Å². The van der Waals surface area contributed by atoms with Crippen molar-refractivity contribution in [2.24, 2.45) is 0 Å². The fourth-order valence-corrected chi connectivity index (χ4v) is 5.36. The maximum atomic E-state index is 2.28. The number of hydrogen-bond acceptors (Lipinski definition) is 0. The molecule has 2 rings (SSSR count). The average Bonchev–Trinajstić information content (AvgIpc) is 2.21. The minimum atomic E-state index is 0.523. The molecule has 1 aliphatic rings. The van der Waals surface area contributed by atoms with Gasteiger partial charge in [-0.1, -0.05) is 0 Å². The molecule has 13 heavy (non-hydrogen) atoms. The zero-order valence-electron chi connectivity index (χ0n) is 7.88. The van der Waals surface area contributed by atoms with Crippen LogP contribution in [0.1, 0.15) is 24.8 Å². The molecule has 1 unspecified atom stereocenters. The van der Waals surface area contributed by atoms with E-state index in [-0.39, 0.29) is 0 Å². The summed E-state index contributed by atoms with van der Waals surface area (Å²) in [6, 6.07) is 11.0. The first-order valence-electron chi connectivity index (χ1n) is 5.07. The molecule has 1 aliphatic heterocycles. The molecule has 0 nitrogen and oxygen atoms in total. The Balaban J connectivity index is 1.90. The normalized spacial score (nSPS) is 23.5. The van der Waals surface area contributed by atoms with Gasteiger partial charge in [0.05, 0.1) is 0 Å². The first kappa shape index (κ1) is 9.50. The zero-order valence-corrected chi connectivity index (χ0v) is 10.0. The van der Waals surface area contributed by atoms with E-state index in [1.165, 1.54) is 25.7 Å². The van der Waals surface area contributed by atoms with Gasteiger partial charge in [0.2, 0.25) is 0 Å². The minimum absolute atomic E-state index is 0.523. The fourth-order valence-electron chi connectivity index (χ4n) is 1.80. The van der Waals surface area contributed by atoms with Gasteiger partial charge in [-0.05, 0) is 0 Å². The Hall–Kier alpha value is -0.0500. The second kappa shape index (κ2) is 4.99. The Kier molecular flexibility index (Phi) is 3.65. The van der Waals surface area contributed by atoms with Crippen molar-refractivity contribution in [1.29, 1.82) is 0 Å². The maximum absolute atomic E-state index is 2.28. The molecule has 0 saturated carbocycles. The summed E-state index contributed by atoms with van der Waals surface area (Å²) in [5.41, 5.74) is 1.55. The number of benzene rings is 1. The quantitative estimate of drug-likeness (QED) is 0.525. The van der Waals surface area contributed by atoms with Crippen molar-refractivity contribution in [1.82, 2.24) is 0 Å². The molecule has 1 heteroatoms. The van der Waals surface area contributed by atoms with Gasteiger partial charge >= 0.3 is 91.1 Å². The van der Waals surface area contributed by atoms with Gasteiger partial charge in [0, 0.05) is 0 Å². The van der Waals surface area contributed by atoms with E-state index in [1.54, 1.807) is 9.99 Å². The summed E-state index contributed by atoms with van der Waals surface area (Å²) in [5, 5.41) is 0. The van der Waals surface area contributed by atoms with Gasteiger partial charge in [0.25, 0.3) is 0 Å². The third kappa shape index (κ3) is 2.97. The number of rotatable bonds is 2. The molecule has 0 aromatic heterocycles. The van der Waals surface area contributed by atoms with E-state index in [0.29, 0.717) is 21.2 Å². The van der Waals surface area contributed by atoms with Crippen LogP contribution in [0.25, 0.3) is 0 Å². The summed E-state index contributed by atoms with van der Waals surface area (Å²) in [4.78, 5) is 0. The Bertz CT molecular complexity index is 237. The van der Waals surface area contributed by atoms with E-state index in [9.17, 15) is 0 Å². The van der Waals surface area contributed by atoms with Crippen molar-refractivity contribution in [3.63, 3.8) is 0 Å². The SMILES string of the molecule is c1ccc(CC2CCCC[I-]2)cc1. The van der Waals surface area contributed by atoms with Gasteiger partial charge < -0.3 is 0 Å². The predicted molar refractivity (Wildman–Crippen MR) is 52.7 cm³/mol. The molecule has 1 aromatic carbocycles. The standard InChI is InChI=1S/C12H16I/c1-2-6-11(7-3-1)10-12-8-4-5-9-13-12/h1-3,6-7,12H,4-5,8-10H2/q-1. The summed E-state index contributed by atoms with van der Waals surface area (Å²) in [7, 11) is 0. The van der Waals surface area contributed by atoms with Crippen LogP contribution in [-0.2, 0) is 6.42 Å². The predicted octanol–water partition coefficient (Wildman–Crippen LogP) is -0.129. The molecule has 0 spiro atoms. The van der Waals surface area contributed by atoms with Crippen LogP contribution < -0.4 is 21.2 Å². The van der Waals surface area contributed by atoms with Crippen LogP contribution >= 0.6 is 0 Å². The first-order valence-corrected chi connectivity index (χ1v) is 7.84. The number of alkyl halides is 2. The Labute approximate surface area is 91.0 Å². The van der Waals surface area contributed by atoms with Gasteiger partial charge in [-0.15, -0.1) is 0 Å². The van der Waals surface area contributed by atoms with Crippen LogP contribution in [0.15, 0.2) is 30.3 Å². The summed E-state index contributed by atoms with van der Waals surface area (Å²) >= 11 is 0.523. The second-order valence-corrected chi connectivity index (χ2v) is 7.35. The van der Waals surface area contributed by atoms with Crippen LogP contribution in [0, 0.1) is 0 Å². The molecule has 1 atom stereocenters. The first-order chi connectivity index (χ1) is 6.45. The van der Waals surface area contributed by atoms with E-state index < -0.39 is 0 Å². The third-order valence-corrected chi connectivity index (χ3v) is 6.22. The molecular formula is C12H16I-. The molecule has 1 fully saturated rings. The molecule has 0 aliphatic carbocycles. The topological polar surface area (TPSA) is 0 Å². The molecule has 0 bridgehead atoms. The fraction of sp³-hybridized carbons (Fsp3) is 0.500. The molecular weight excluding hydrogens is 271 g/mol. The molecule has 0 N–H and O–H groups in total. The van der Waals surface area contributed by atoms with E-state index in [2.05, 4.69) is 30.3 Å². The van der Waals surface area contributed by atoms with Gasteiger partial charge in [0.1, 0.15) is 0 Å². The van der Waals surface area contributed by atoms with Crippen molar-refractivity contribution in [2.75, 3.05) is 4.43 Å². The number of hydrogen-bond donors (Lipinski definition) is 0. The molecule has 1 saturated heterocycles. The van der Waals surface area contributed by atoms with Crippen molar-refractivity contribution in [2.45, 2.75) is 29.6 Å². The Morgan fingerprint density at radius 1 is 1.15 bits per heavy atom. The van der Waals surface area contributed by atoms with Gasteiger partial charge in [-0.2, -0.15) is 0 Å².